The molecule has 0 aliphatic heterocycles. The van der Waals surface area contributed by atoms with Crippen LogP contribution in [0.15, 0.2) is 32.6 Å². The molecule has 0 atom stereocenters. The van der Waals surface area contributed by atoms with Crippen LogP contribution in [0, 0.1) is 12.7 Å². The van der Waals surface area contributed by atoms with Gasteiger partial charge in [-0.25, -0.2) is 4.39 Å². The fraction of sp³-hybridized carbons (Fsp3) is 0.0769. The summed E-state index contributed by atoms with van der Waals surface area (Å²) in [7, 11) is 0. The van der Waals surface area contributed by atoms with E-state index in [1.165, 1.54) is 23.5 Å². The van der Waals surface area contributed by atoms with Gasteiger partial charge in [-0.15, -0.1) is 11.3 Å². The second-order valence-corrected chi connectivity index (χ2v) is 6.04. The Labute approximate surface area is 126 Å². The van der Waals surface area contributed by atoms with Gasteiger partial charge in [0, 0.05) is 10.0 Å². The number of halogens is 2. The van der Waals surface area contributed by atoms with E-state index >= 15 is 0 Å². The molecule has 0 radical (unpaired) electrons. The van der Waals surface area contributed by atoms with Crippen LogP contribution in [-0.2, 0) is 0 Å². The minimum absolute atomic E-state index is 0.325. The van der Waals surface area contributed by atoms with Crippen LogP contribution in [0.1, 0.15) is 5.56 Å². The lowest BCUT2D eigenvalue weighted by Gasteiger charge is -1.96. The summed E-state index contributed by atoms with van der Waals surface area (Å²) in [5.41, 5.74) is 8.09. The zero-order valence-corrected chi connectivity index (χ0v) is 12.8. The van der Waals surface area contributed by atoms with Crippen molar-refractivity contribution >= 4 is 33.0 Å². The SMILES string of the molecule is Cc1csc(-c2nc(-c3cc(F)cc(Br)c3)no2)c1N. The summed E-state index contributed by atoms with van der Waals surface area (Å²) in [6, 6.07) is 4.44. The van der Waals surface area contributed by atoms with E-state index in [0.717, 1.165) is 10.4 Å². The Morgan fingerprint density at radius 3 is 2.80 bits per heavy atom. The highest BCUT2D eigenvalue weighted by Gasteiger charge is 2.16. The summed E-state index contributed by atoms with van der Waals surface area (Å²) in [5, 5.41) is 5.80. The predicted octanol–water partition coefficient (Wildman–Crippen LogP) is 4.26. The van der Waals surface area contributed by atoms with Crippen LogP contribution < -0.4 is 5.73 Å². The highest BCUT2D eigenvalue weighted by atomic mass is 79.9. The maximum atomic E-state index is 13.4. The van der Waals surface area contributed by atoms with Gasteiger partial charge in [0.2, 0.25) is 5.82 Å². The molecule has 0 saturated heterocycles. The van der Waals surface area contributed by atoms with Crippen molar-refractivity contribution in [3.63, 3.8) is 0 Å². The summed E-state index contributed by atoms with van der Waals surface area (Å²) in [6.45, 7) is 1.91. The Bertz CT molecular complexity index is 764. The zero-order chi connectivity index (χ0) is 14.3. The number of benzene rings is 1. The molecular formula is C13H9BrFN3OS. The van der Waals surface area contributed by atoms with Crippen molar-refractivity contribution in [2.45, 2.75) is 6.92 Å². The fourth-order valence-electron chi connectivity index (χ4n) is 1.73. The lowest BCUT2D eigenvalue weighted by atomic mass is 10.2. The molecule has 1 aromatic carbocycles. The summed E-state index contributed by atoms with van der Waals surface area (Å²) >= 11 is 4.67. The first kappa shape index (κ1) is 13.3. The average Bonchev–Trinajstić information content (AvgIpc) is 2.97. The second kappa shape index (κ2) is 4.99. The lowest BCUT2D eigenvalue weighted by Crippen LogP contribution is -1.87. The minimum atomic E-state index is -0.368. The van der Waals surface area contributed by atoms with Gasteiger partial charge >= 0.3 is 0 Å². The monoisotopic (exact) mass is 353 g/mol. The molecule has 7 heteroatoms. The van der Waals surface area contributed by atoms with Crippen molar-refractivity contribution in [2.24, 2.45) is 0 Å². The highest BCUT2D eigenvalue weighted by molar-refractivity contribution is 9.10. The smallest absolute Gasteiger partial charge is 0.270 e. The van der Waals surface area contributed by atoms with Gasteiger partial charge in [-0.05, 0) is 36.1 Å². The molecule has 0 unspecified atom stereocenters. The number of hydrogen-bond donors (Lipinski definition) is 1. The molecule has 2 N–H and O–H groups in total. The molecular weight excluding hydrogens is 345 g/mol. The van der Waals surface area contributed by atoms with Crippen LogP contribution >= 0.6 is 27.3 Å². The van der Waals surface area contributed by atoms with Gasteiger partial charge in [0.25, 0.3) is 5.89 Å². The van der Waals surface area contributed by atoms with Crippen LogP contribution in [0.4, 0.5) is 10.1 Å². The Morgan fingerprint density at radius 1 is 1.35 bits per heavy atom. The first-order valence-corrected chi connectivity index (χ1v) is 7.36. The predicted molar refractivity (Wildman–Crippen MR) is 79.9 cm³/mol. The third-order valence-corrected chi connectivity index (χ3v) is 4.32. The first-order chi connectivity index (χ1) is 9.54. The van der Waals surface area contributed by atoms with Gasteiger partial charge in [0.1, 0.15) is 10.7 Å². The van der Waals surface area contributed by atoms with Crippen molar-refractivity contribution in [1.29, 1.82) is 0 Å². The summed E-state index contributed by atoms with van der Waals surface area (Å²) in [4.78, 5) is 5.01. The summed E-state index contributed by atoms with van der Waals surface area (Å²) in [5.74, 6) is 0.300. The number of aryl methyl sites for hydroxylation is 1. The molecule has 2 aromatic heterocycles. The number of aromatic nitrogens is 2. The molecule has 0 bridgehead atoms. The Balaban J connectivity index is 2.04. The molecule has 20 heavy (non-hydrogen) atoms. The van der Waals surface area contributed by atoms with E-state index in [-0.39, 0.29) is 5.82 Å². The minimum Gasteiger partial charge on any atom is -0.397 e. The van der Waals surface area contributed by atoms with E-state index in [0.29, 0.717) is 27.4 Å². The molecule has 2 heterocycles. The highest BCUT2D eigenvalue weighted by Crippen LogP contribution is 2.34. The number of anilines is 1. The quantitative estimate of drug-likeness (QED) is 0.747. The van der Waals surface area contributed by atoms with Gasteiger partial charge in [0.15, 0.2) is 0 Å². The van der Waals surface area contributed by atoms with Gasteiger partial charge in [-0.2, -0.15) is 4.98 Å². The number of nitrogen functional groups attached to an aromatic ring is 1. The van der Waals surface area contributed by atoms with Crippen molar-refractivity contribution < 1.29 is 8.91 Å². The number of hydrogen-bond acceptors (Lipinski definition) is 5. The number of nitrogens with zero attached hydrogens (tertiary/aromatic N) is 2. The normalized spacial score (nSPS) is 10.9. The largest absolute Gasteiger partial charge is 0.397 e. The Hall–Kier alpha value is -1.73. The molecule has 3 aromatic rings. The fourth-order valence-corrected chi connectivity index (χ4v) is 3.09. The molecule has 0 amide bonds. The molecule has 0 spiro atoms. The van der Waals surface area contributed by atoms with Crippen molar-refractivity contribution in [2.75, 3.05) is 5.73 Å². The third-order valence-electron chi connectivity index (χ3n) is 2.76. The van der Waals surface area contributed by atoms with Crippen molar-refractivity contribution in [3.8, 4) is 22.2 Å². The second-order valence-electron chi connectivity index (χ2n) is 4.24. The molecule has 102 valence electrons. The van der Waals surface area contributed by atoms with Gasteiger partial charge in [0.05, 0.1) is 5.69 Å². The molecule has 0 saturated carbocycles. The summed E-state index contributed by atoms with van der Waals surface area (Å²) in [6.07, 6.45) is 0. The van der Waals surface area contributed by atoms with E-state index in [2.05, 4.69) is 26.1 Å². The molecule has 0 aliphatic rings. The Morgan fingerprint density at radius 2 is 2.15 bits per heavy atom. The number of nitrogens with two attached hydrogens (primary N) is 1. The van der Waals surface area contributed by atoms with Gasteiger partial charge in [-0.1, -0.05) is 21.1 Å². The number of rotatable bonds is 2. The van der Waals surface area contributed by atoms with E-state index in [1.807, 2.05) is 12.3 Å². The first-order valence-electron chi connectivity index (χ1n) is 5.68. The van der Waals surface area contributed by atoms with Crippen LogP contribution in [-0.4, -0.2) is 10.1 Å². The van der Waals surface area contributed by atoms with E-state index in [1.54, 1.807) is 6.07 Å². The van der Waals surface area contributed by atoms with Gasteiger partial charge in [-0.3, -0.25) is 0 Å². The molecule has 0 aliphatic carbocycles. The average molecular weight is 354 g/mol. The van der Waals surface area contributed by atoms with Crippen LogP contribution in [0.2, 0.25) is 0 Å². The third kappa shape index (κ3) is 2.34. The van der Waals surface area contributed by atoms with Crippen LogP contribution in [0.3, 0.4) is 0 Å². The lowest BCUT2D eigenvalue weighted by molar-refractivity contribution is 0.433. The standard InChI is InChI=1S/C13H9BrFN3OS/c1-6-5-20-11(10(6)16)13-17-12(18-19-13)7-2-8(14)4-9(15)3-7/h2-5H,16H2,1H3. The van der Waals surface area contributed by atoms with Crippen LogP contribution in [0.25, 0.3) is 22.2 Å². The maximum Gasteiger partial charge on any atom is 0.270 e. The molecule has 0 fully saturated rings. The Kier molecular flexibility index (Phi) is 3.31. The molecule has 4 nitrogen and oxygen atoms in total. The number of thiophene rings is 1. The van der Waals surface area contributed by atoms with E-state index < -0.39 is 0 Å². The zero-order valence-electron chi connectivity index (χ0n) is 10.4. The van der Waals surface area contributed by atoms with Gasteiger partial charge < -0.3 is 10.3 Å². The van der Waals surface area contributed by atoms with E-state index in [4.69, 9.17) is 10.3 Å². The van der Waals surface area contributed by atoms with Crippen LogP contribution in [0.5, 0.6) is 0 Å². The topological polar surface area (TPSA) is 64.9 Å². The molecule has 3 rings (SSSR count). The van der Waals surface area contributed by atoms with Crippen molar-refractivity contribution in [1.82, 2.24) is 10.1 Å². The summed E-state index contributed by atoms with van der Waals surface area (Å²) < 4.78 is 19.2. The maximum absolute atomic E-state index is 13.4. The van der Waals surface area contributed by atoms with E-state index in [9.17, 15) is 4.39 Å². The van der Waals surface area contributed by atoms with Crippen molar-refractivity contribution in [3.05, 3.63) is 39.4 Å².